The van der Waals surface area contributed by atoms with E-state index in [4.69, 9.17) is 4.74 Å². The highest BCUT2D eigenvalue weighted by Crippen LogP contribution is 2.26. The predicted molar refractivity (Wildman–Crippen MR) is 60.9 cm³/mol. The Bertz CT molecular complexity index is 294. The van der Waals surface area contributed by atoms with Gasteiger partial charge in [0.1, 0.15) is 0 Å². The molecule has 0 aliphatic carbocycles. The lowest BCUT2D eigenvalue weighted by molar-refractivity contribution is 0.370. The number of benzene rings is 1. The number of aryl methyl sites for hydroxylation is 1. The van der Waals surface area contributed by atoms with E-state index >= 15 is 0 Å². The molecule has 0 N–H and O–H groups in total. The van der Waals surface area contributed by atoms with Crippen LogP contribution in [0.3, 0.4) is 0 Å². The summed E-state index contributed by atoms with van der Waals surface area (Å²) in [4.78, 5) is 1.34. The summed E-state index contributed by atoms with van der Waals surface area (Å²) in [5.41, 5.74) is 1.42. The molecular weight excluding hydrogens is 192 g/mol. The van der Waals surface area contributed by atoms with Crippen LogP contribution in [-0.4, -0.2) is 18.5 Å². The van der Waals surface area contributed by atoms with Crippen molar-refractivity contribution in [3.8, 4) is 0 Å². The van der Waals surface area contributed by atoms with Gasteiger partial charge in [0.05, 0.1) is 12.2 Å². The molecule has 1 saturated heterocycles. The highest BCUT2D eigenvalue weighted by molar-refractivity contribution is 7.98. The van der Waals surface area contributed by atoms with Crippen LogP contribution in [0.4, 0.5) is 0 Å². The lowest BCUT2D eigenvalue weighted by Crippen LogP contribution is -1.93. The summed E-state index contributed by atoms with van der Waals surface area (Å²) in [6.07, 6.45) is 5.44. The summed E-state index contributed by atoms with van der Waals surface area (Å²) >= 11 is 1.79. The number of rotatable bonds is 4. The fourth-order valence-electron chi connectivity index (χ4n) is 1.63. The Hall–Kier alpha value is -0.470. The van der Waals surface area contributed by atoms with Crippen molar-refractivity contribution >= 4 is 11.8 Å². The Morgan fingerprint density at radius 2 is 1.93 bits per heavy atom. The van der Waals surface area contributed by atoms with E-state index in [2.05, 4.69) is 37.4 Å². The Morgan fingerprint density at radius 1 is 1.29 bits per heavy atom. The Balaban J connectivity index is 1.84. The molecule has 0 saturated carbocycles. The van der Waals surface area contributed by atoms with Gasteiger partial charge in [-0.15, -0.1) is 11.8 Å². The monoisotopic (exact) mass is 208 g/mol. The van der Waals surface area contributed by atoms with E-state index < -0.39 is 0 Å². The predicted octanol–water partition coefficient (Wildman–Crippen LogP) is 3.13. The summed E-state index contributed by atoms with van der Waals surface area (Å²) in [6.45, 7) is 2.14. The van der Waals surface area contributed by atoms with E-state index in [9.17, 15) is 0 Å². The second-order valence-electron chi connectivity index (χ2n) is 3.77. The number of hydrogen-bond donors (Lipinski definition) is 0. The summed E-state index contributed by atoms with van der Waals surface area (Å²) in [5.74, 6) is 0. The molecule has 1 aromatic carbocycles. The minimum Gasteiger partial charge on any atom is -0.370 e. The summed E-state index contributed by atoms with van der Waals surface area (Å²) in [7, 11) is 0. The maximum absolute atomic E-state index is 5.38. The van der Waals surface area contributed by atoms with Crippen molar-refractivity contribution in [2.75, 3.05) is 6.26 Å². The maximum atomic E-state index is 5.38. The van der Waals surface area contributed by atoms with Crippen LogP contribution in [0.1, 0.15) is 18.9 Å². The van der Waals surface area contributed by atoms with Crippen LogP contribution in [0.2, 0.25) is 0 Å². The van der Waals surface area contributed by atoms with Crippen molar-refractivity contribution in [2.24, 2.45) is 0 Å². The Labute approximate surface area is 89.9 Å². The van der Waals surface area contributed by atoms with Crippen LogP contribution in [0.25, 0.3) is 0 Å². The van der Waals surface area contributed by atoms with Gasteiger partial charge in [0, 0.05) is 4.90 Å². The molecule has 0 radical (unpaired) electrons. The maximum Gasteiger partial charge on any atom is 0.0842 e. The Morgan fingerprint density at radius 3 is 2.43 bits per heavy atom. The zero-order valence-corrected chi connectivity index (χ0v) is 9.51. The van der Waals surface area contributed by atoms with Crippen molar-refractivity contribution in [1.29, 1.82) is 0 Å². The van der Waals surface area contributed by atoms with Crippen molar-refractivity contribution in [3.05, 3.63) is 29.8 Å². The molecule has 0 aromatic heterocycles. The number of hydrogen-bond acceptors (Lipinski definition) is 2. The summed E-state index contributed by atoms with van der Waals surface area (Å²) in [5, 5.41) is 0. The van der Waals surface area contributed by atoms with Crippen molar-refractivity contribution in [2.45, 2.75) is 36.9 Å². The molecule has 1 fully saturated rings. The molecule has 14 heavy (non-hydrogen) atoms. The fourth-order valence-corrected chi connectivity index (χ4v) is 2.04. The Kier molecular flexibility index (Phi) is 3.14. The quantitative estimate of drug-likeness (QED) is 0.557. The van der Waals surface area contributed by atoms with E-state index in [0.29, 0.717) is 12.2 Å². The summed E-state index contributed by atoms with van der Waals surface area (Å²) in [6, 6.07) is 8.83. The van der Waals surface area contributed by atoms with E-state index in [0.717, 1.165) is 6.42 Å². The van der Waals surface area contributed by atoms with Gasteiger partial charge in [-0.25, -0.2) is 0 Å². The van der Waals surface area contributed by atoms with E-state index in [1.54, 1.807) is 11.8 Å². The van der Waals surface area contributed by atoms with E-state index in [1.165, 1.54) is 16.9 Å². The average molecular weight is 208 g/mol. The SMILES string of the molecule is CSc1ccc(CCC2OC2C)cc1. The third kappa shape index (κ3) is 2.52. The zero-order chi connectivity index (χ0) is 9.97. The van der Waals surface area contributed by atoms with Gasteiger partial charge in [-0.2, -0.15) is 0 Å². The second kappa shape index (κ2) is 4.37. The van der Waals surface area contributed by atoms with Gasteiger partial charge in [-0.3, -0.25) is 0 Å². The molecule has 0 bridgehead atoms. The van der Waals surface area contributed by atoms with E-state index in [-0.39, 0.29) is 0 Å². The first kappa shape index (κ1) is 10.1. The van der Waals surface area contributed by atoms with Gasteiger partial charge < -0.3 is 4.74 Å². The molecule has 1 aliphatic heterocycles. The first-order valence-electron chi connectivity index (χ1n) is 5.08. The normalized spacial score (nSPS) is 25.0. The largest absolute Gasteiger partial charge is 0.370 e. The van der Waals surface area contributed by atoms with Gasteiger partial charge in [0.15, 0.2) is 0 Å². The molecule has 2 rings (SSSR count). The molecule has 76 valence electrons. The second-order valence-corrected chi connectivity index (χ2v) is 4.65. The fraction of sp³-hybridized carbons (Fsp3) is 0.500. The molecule has 0 amide bonds. The third-order valence-corrected chi connectivity index (χ3v) is 3.46. The standard InChI is InChI=1S/C12H16OS/c1-9-12(13-9)8-5-10-3-6-11(14-2)7-4-10/h3-4,6-7,9,12H,5,8H2,1-2H3. The number of epoxide rings is 1. The smallest absolute Gasteiger partial charge is 0.0842 e. The molecule has 1 aliphatic rings. The molecule has 2 unspecified atom stereocenters. The van der Waals surface area contributed by atoms with Crippen LogP contribution in [0.15, 0.2) is 29.2 Å². The van der Waals surface area contributed by atoms with Gasteiger partial charge in [0.25, 0.3) is 0 Å². The number of thioether (sulfide) groups is 1. The molecular formula is C12H16OS. The molecule has 2 atom stereocenters. The first-order chi connectivity index (χ1) is 6.79. The van der Waals surface area contributed by atoms with E-state index in [1.807, 2.05) is 0 Å². The van der Waals surface area contributed by atoms with Crippen LogP contribution in [0, 0.1) is 0 Å². The summed E-state index contributed by atoms with van der Waals surface area (Å²) < 4.78 is 5.38. The molecule has 0 spiro atoms. The topological polar surface area (TPSA) is 12.5 Å². The minimum atomic E-state index is 0.500. The first-order valence-corrected chi connectivity index (χ1v) is 6.30. The molecule has 1 heterocycles. The lowest BCUT2D eigenvalue weighted by atomic mass is 10.1. The zero-order valence-electron chi connectivity index (χ0n) is 8.69. The molecule has 2 heteroatoms. The van der Waals surface area contributed by atoms with Gasteiger partial charge in [-0.05, 0) is 43.7 Å². The van der Waals surface area contributed by atoms with Crippen LogP contribution >= 0.6 is 11.8 Å². The van der Waals surface area contributed by atoms with Crippen LogP contribution in [-0.2, 0) is 11.2 Å². The van der Waals surface area contributed by atoms with Crippen molar-refractivity contribution < 1.29 is 4.74 Å². The molecule has 1 aromatic rings. The average Bonchev–Trinajstić information content (AvgIpc) is 2.92. The van der Waals surface area contributed by atoms with Crippen LogP contribution in [0.5, 0.6) is 0 Å². The molecule has 1 nitrogen and oxygen atoms in total. The number of ether oxygens (including phenoxy) is 1. The van der Waals surface area contributed by atoms with Gasteiger partial charge in [-0.1, -0.05) is 12.1 Å². The van der Waals surface area contributed by atoms with Gasteiger partial charge in [0.2, 0.25) is 0 Å². The van der Waals surface area contributed by atoms with Crippen molar-refractivity contribution in [1.82, 2.24) is 0 Å². The van der Waals surface area contributed by atoms with Crippen LogP contribution < -0.4 is 0 Å². The highest BCUT2D eigenvalue weighted by atomic mass is 32.2. The highest BCUT2D eigenvalue weighted by Gasteiger charge is 2.32. The lowest BCUT2D eigenvalue weighted by Gasteiger charge is -2.00. The van der Waals surface area contributed by atoms with Crippen molar-refractivity contribution in [3.63, 3.8) is 0 Å². The van der Waals surface area contributed by atoms with Gasteiger partial charge >= 0.3 is 0 Å². The third-order valence-electron chi connectivity index (χ3n) is 2.71. The minimum absolute atomic E-state index is 0.500.